The Bertz CT molecular complexity index is 1120. The minimum atomic E-state index is -3.62. The maximum absolute atomic E-state index is 12.8. The molecular formula is C22H26N4O3S. The number of aryl methyl sites for hydroxylation is 1. The van der Waals surface area contributed by atoms with E-state index >= 15 is 0 Å². The summed E-state index contributed by atoms with van der Waals surface area (Å²) in [6, 6.07) is 12.8. The van der Waals surface area contributed by atoms with E-state index in [0.717, 1.165) is 16.9 Å². The Morgan fingerprint density at radius 3 is 2.50 bits per heavy atom. The molecule has 0 bridgehead atoms. The number of anilines is 2. The van der Waals surface area contributed by atoms with Gasteiger partial charge in [0.15, 0.2) is 5.84 Å². The molecule has 2 aliphatic heterocycles. The van der Waals surface area contributed by atoms with Crippen LogP contribution >= 0.6 is 0 Å². The molecule has 0 aliphatic carbocycles. The highest BCUT2D eigenvalue weighted by Crippen LogP contribution is 2.30. The molecule has 2 aromatic carbocycles. The van der Waals surface area contributed by atoms with E-state index in [0.29, 0.717) is 37.3 Å². The second-order valence-corrected chi connectivity index (χ2v) is 9.60. The van der Waals surface area contributed by atoms with Gasteiger partial charge in [-0.15, -0.1) is 4.40 Å². The van der Waals surface area contributed by atoms with Gasteiger partial charge in [0.1, 0.15) is 4.90 Å². The van der Waals surface area contributed by atoms with Crippen LogP contribution in [0.25, 0.3) is 0 Å². The summed E-state index contributed by atoms with van der Waals surface area (Å²) in [5.74, 6) is 0.399. The van der Waals surface area contributed by atoms with Crippen LogP contribution < -0.4 is 10.2 Å². The lowest BCUT2D eigenvalue weighted by molar-refractivity contribution is -0.120. The lowest BCUT2D eigenvalue weighted by atomic mass is 9.95. The third-order valence-electron chi connectivity index (χ3n) is 5.72. The Labute approximate surface area is 177 Å². The zero-order valence-electron chi connectivity index (χ0n) is 17.4. The molecule has 2 heterocycles. The molecule has 2 aromatic rings. The van der Waals surface area contributed by atoms with Crippen LogP contribution in [0, 0.1) is 12.8 Å². The smallest absolute Gasteiger partial charge is 0.285 e. The number of nitrogens with zero attached hydrogens (tertiary/aromatic N) is 3. The molecule has 2 aliphatic rings. The molecule has 4 rings (SSSR count). The lowest BCUT2D eigenvalue weighted by Gasteiger charge is -2.32. The number of benzene rings is 2. The van der Waals surface area contributed by atoms with Crippen LogP contribution in [-0.2, 0) is 14.8 Å². The Kier molecular flexibility index (Phi) is 5.27. The fraction of sp³-hybridized carbons (Fsp3) is 0.364. The monoisotopic (exact) mass is 426 g/mol. The number of carbonyl (C=O) groups excluding carboxylic acids is 1. The number of amides is 1. The van der Waals surface area contributed by atoms with Crippen molar-refractivity contribution in [3.05, 3.63) is 53.6 Å². The highest BCUT2D eigenvalue weighted by molar-refractivity contribution is 7.90. The molecule has 1 N–H and O–H groups in total. The number of likely N-dealkylation sites (tertiary alicyclic amines) is 1. The summed E-state index contributed by atoms with van der Waals surface area (Å²) in [5.41, 5.74) is 3.67. The van der Waals surface area contributed by atoms with Gasteiger partial charge in [0.2, 0.25) is 5.91 Å². The first-order chi connectivity index (χ1) is 14.3. The highest BCUT2D eigenvalue weighted by atomic mass is 32.2. The zero-order chi connectivity index (χ0) is 21.5. The fourth-order valence-corrected chi connectivity index (χ4v) is 5.38. The van der Waals surface area contributed by atoms with Gasteiger partial charge in [-0.3, -0.25) is 4.79 Å². The average molecular weight is 427 g/mol. The van der Waals surface area contributed by atoms with Crippen molar-refractivity contribution in [3.8, 4) is 0 Å². The summed E-state index contributed by atoms with van der Waals surface area (Å²) in [5, 5.41) is 3.03. The number of rotatable bonds is 3. The zero-order valence-corrected chi connectivity index (χ0v) is 18.2. The normalized spacial score (nSPS) is 18.0. The molecule has 0 unspecified atom stereocenters. The van der Waals surface area contributed by atoms with Crippen LogP contribution in [0.3, 0.4) is 0 Å². The van der Waals surface area contributed by atoms with E-state index in [-0.39, 0.29) is 16.7 Å². The highest BCUT2D eigenvalue weighted by Gasteiger charge is 2.34. The SMILES string of the molecule is Cc1cc(NC(=O)C2CCN(C3=NS(=O)(=O)c4ccccc43)CC2)ccc1N(C)C. The van der Waals surface area contributed by atoms with Crippen molar-refractivity contribution in [2.24, 2.45) is 10.3 Å². The Morgan fingerprint density at radius 1 is 1.13 bits per heavy atom. The molecular weight excluding hydrogens is 400 g/mol. The van der Waals surface area contributed by atoms with Crippen LogP contribution in [0.15, 0.2) is 51.8 Å². The van der Waals surface area contributed by atoms with Gasteiger partial charge in [0.05, 0.1) is 0 Å². The molecule has 0 spiro atoms. The summed E-state index contributed by atoms with van der Waals surface area (Å²) in [7, 11) is 0.360. The minimum Gasteiger partial charge on any atom is -0.377 e. The number of fused-ring (bicyclic) bond motifs is 1. The van der Waals surface area contributed by atoms with E-state index < -0.39 is 10.0 Å². The van der Waals surface area contributed by atoms with Gasteiger partial charge in [-0.1, -0.05) is 12.1 Å². The van der Waals surface area contributed by atoms with Crippen molar-refractivity contribution in [3.63, 3.8) is 0 Å². The van der Waals surface area contributed by atoms with Crippen molar-refractivity contribution in [2.75, 3.05) is 37.4 Å². The molecule has 0 atom stereocenters. The molecule has 1 fully saturated rings. The third kappa shape index (κ3) is 3.79. The van der Waals surface area contributed by atoms with Crippen LogP contribution in [-0.4, -0.2) is 52.2 Å². The van der Waals surface area contributed by atoms with Gasteiger partial charge < -0.3 is 15.1 Å². The first-order valence-corrected chi connectivity index (χ1v) is 11.5. The van der Waals surface area contributed by atoms with Crippen molar-refractivity contribution in [2.45, 2.75) is 24.7 Å². The Hall–Kier alpha value is -2.87. The van der Waals surface area contributed by atoms with E-state index in [1.807, 2.05) is 55.1 Å². The second kappa shape index (κ2) is 7.75. The molecule has 7 nitrogen and oxygen atoms in total. The molecule has 1 amide bonds. The van der Waals surface area contributed by atoms with E-state index in [1.54, 1.807) is 18.2 Å². The standard InChI is InChI=1S/C22H26N4O3S/c1-15-14-17(8-9-19(15)25(2)3)23-22(27)16-10-12-26(13-11-16)21-18-6-4-5-7-20(18)30(28,29)24-21/h4-9,14,16H,10-13H2,1-3H3,(H,23,27). The van der Waals surface area contributed by atoms with Gasteiger partial charge in [-0.25, -0.2) is 0 Å². The summed E-state index contributed by atoms with van der Waals surface area (Å²) >= 11 is 0. The van der Waals surface area contributed by atoms with E-state index in [4.69, 9.17) is 0 Å². The maximum atomic E-state index is 12.8. The Balaban J connectivity index is 1.41. The predicted octanol–water partition coefficient (Wildman–Crippen LogP) is 2.86. The fourth-order valence-electron chi connectivity index (χ4n) is 4.15. The number of amidine groups is 1. The maximum Gasteiger partial charge on any atom is 0.285 e. The largest absolute Gasteiger partial charge is 0.377 e. The number of hydrogen-bond donors (Lipinski definition) is 1. The van der Waals surface area contributed by atoms with Crippen molar-refractivity contribution >= 4 is 33.1 Å². The first kappa shape index (κ1) is 20.4. The van der Waals surface area contributed by atoms with Gasteiger partial charge in [0.25, 0.3) is 10.0 Å². The van der Waals surface area contributed by atoms with Crippen LogP contribution in [0.5, 0.6) is 0 Å². The summed E-state index contributed by atoms with van der Waals surface area (Å²) in [6.07, 6.45) is 1.31. The summed E-state index contributed by atoms with van der Waals surface area (Å²) in [4.78, 5) is 17.0. The van der Waals surface area contributed by atoms with Crippen molar-refractivity contribution in [1.29, 1.82) is 0 Å². The minimum absolute atomic E-state index is 0.00744. The number of hydrogen-bond acceptors (Lipinski definition) is 5. The van der Waals surface area contributed by atoms with E-state index in [1.165, 1.54) is 0 Å². The third-order valence-corrected chi connectivity index (χ3v) is 7.05. The van der Waals surface area contributed by atoms with Crippen LogP contribution in [0.2, 0.25) is 0 Å². The molecule has 0 radical (unpaired) electrons. The van der Waals surface area contributed by atoms with Crippen LogP contribution in [0.4, 0.5) is 11.4 Å². The van der Waals surface area contributed by atoms with Gasteiger partial charge in [0, 0.05) is 50.0 Å². The topological polar surface area (TPSA) is 82.1 Å². The Morgan fingerprint density at radius 2 is 1.83 bits per heavy atom. The molecule has 8 heteroatoms. The predicted molar refractivity (Wildman–Crippen MR) is 119 cm³/mol. The van der Waals surface area contributed by atoms with E-state index in [9.17, 15) is 13.2 Å². The van der Waals surface area contributed by atoms with Crippen LogP contribution in [0.1, 0.15) is 24.0 Å². The molecule has 0 aromatic heterocycles. The second-order valence-electron chi connectivity index (χ2n) is 8.03. The first-order valence-electron chi connectivity index (χ1n) is 10.0. The van der Waals surface area contributed by atoms with Gasteiger partial charge >= 0.3 is 0 Å². The number of sulfonamides is 1. The summed E-state index contributed by atoms with van der Waals surface area (Å²) < 4.78 is 28.6. The van der Waals surface area contributed by atoms with E-state index in [2.05, 4.69) is 9.71 Å². The average Bonchev–Trinajstić information content (AvgIpc) is 2.99. The molecule has 158 valence electrons. The van der Waals surface area contributed by atoms with Gasteiger partial charge in [-0.2, -0.15) is 8.42 Å². The van der Waals surface area contributed by atoms with Crippen molar-refractivity contribution in [1.82, 2.24) is 4.90 Å². The number of piperidine rings is 1. The molecule has 30 heavy (non-hydrogen) atoms. The molecule has 1 saturated heterocycles. The summed E-state index contributed by atoms with van der Waals surface area (Å²) in [6.45, 7) is 3.22. The number of carbonyl (C=O) groups is 1. The van der Waals surface area contributed by atoms with Gasteiger partial charge in [-0.05, 0) is 55.7 Å². The quantitative estimate of drug-likeness (QED) is 0.816. The lowest BCUT2D eigenvalue weighted by Crippen LogP contribution is -2.41. The van der Waals surface area contributed by atoms with Crippen molar-refractivity contribution < 1.29 is 13.2 Å². The number of nitrogens with one attached hydrogen (secondary N) is 1. The molecule has 0 saturated carbocycles.